The van der Waals surface area contributed by atoms with Crippen LogP contribution in [0.25, 0.3) is 0 Å². The van der Waals surface area contributed by atoms with E-state index in [2.05, 4.69) is 10.0 Å². The highest BCUT2D eigenvalue weighted by Gasteiger charge is 2.27. The van der Waals surface area contributed by atoms with E-state index in [1.165, 1.54) is 19.2 Å². The SMILES string of the molecule is CNS(=O)(=O)c1ccc(C(C)NC(=O)C(N)C2CCOCC2)cc1. The Hall–Kier alpha value is -1.48. The van der Waals surface area contributed by atoms with Gasteiger partial charge < -0.3 is 15.8 Å². The lowest BCUT2D eigenvalue weighted by Gasteiger charge is -2.28. The second kappa shape index (κ2) is 8.06. The number of nitrogens with one attached hydrogen (secondary N) is 2. The van der Waals surface area contributed by atoms with Crippen molar-refractivity contribution in [3.63, 3.8) is 0 Å². The van der Waals surface area contributed by atoms with Crippen LogP contribution in [-0.4, -0.2) is 40.6 Å². The summed E-state index contributed by atoms with van der Waals surface area (Å²) in [5, 5.41) is 2.90. The summed E-state index contributed by atoms with van der Waals surface area (Å²) in [5.41, 5.74) is 6.88. The molecule has 1 aromatic carbocycles. The Balaban J connectivity index is 1.98. The molecule has 8 heteroatoms. The van der Waals surface area contributed by atoms with Crippen molar-refractivity contribution in [2.45, 2.75) is 36.7 Å². The van der Waals surface area contributed by atoms with Crippen molar-refractivity contribution < 1.29 is 17.9 Å². The molecular weight excluding hydrogens is 330 g/mol. The van der Waals surface area contributed by atoms with Gasteiger partial charge in [0, 0.05) is 13.2 Å². The molecule has 1 aliphatic heterocycles. The van der Waals surface area contributed by atoms with Crippen molar-refractivity contribution in [2.24, 2.45) is 11.7 Å². The first-order chi connectivity index (χ1) is 11.3. The number of ether oxygens (including phenoxy) is 1. The van der Waals surface area contributed by atoms with Crippen LogP contribution in [-0.2, 0) is 19.6 Å². The van der Waals surface area contributed by atoms with Gasteiger partial charge in [0.2, 0.25) is 15.9 Å². The molecule has 2 rings (SSSR count). The number of nitrogens with two attached hydrogens (primary N) is 1. The quantitative estimate of drug-likeness (QED) is 0.689. The summed E-state index contributed by atoms with van der Waals surface area (Å²) in [4.78, 5) is 12.5. The third kappa shape index (κ3) is 4.54. The Morgan fingerprint density at radius 3 is 2.38 bits per heavy atom. The van der Waals surface area contributed by atoms with Gasteiger partial charge in [-0.05, 0) is 50.4 Å². The minimum Gasteiger partial charge on any atom is -0.381 e. The van der Waals surface area contributed by atoms with Crippen LogP contribution in [0.2, 0.25) is 0 Å². The van der Waals surface area contributed by atoms with E-state index >= 15 is 0 Å². The van der Waals surface area contributed by atoms with Crippen LogP contribution < -0.4 is 15.8 Å². The first kappa shape index (κ1) is 18.9. The summed E-state index contributed by atoms with van der Waals surface area (Å²) in [6, 6.07) is 5.60. The number of benzene rings is 1. The van der Waals surface area contributed by atoms with Gasteiger partial charge in [-0.15, -0.1) is 0 Å². The number of sulfonamides is 1. The summed E-state index contributed by atoms with van der Waals surface area (Å²) in [6.07, 6.45) is 1.58. The Morgan fingerprint density at radius 2 is 1.83 bits per heavy atom. The van der Waals surface area contributed by atoms with Crippen LogP contribution in [0.4, 0.5) is 0 Å². The first-order valence-corrected chi connectivity index (χ1v) is 9.50. The first-order valence-electron chi connectivity index (χ1n) is 8.02. The van der Waals surface area contributed by atoms with Gasteiger partial charge in [0.25, 0.3) is 0 Å². The highest BCUT2D eigenvalue weighted by molar-refractivity contribution is 7.89. The highest BCUT2D eigenvalue weighted by atomic mass is 32.2. The normalized spacial score (nSPS) is 18.8. The molecule has 0 aliphatic carbocycles. The zero-order valence-electron chi connectivity index (χ0n) is 14.0. The van der Waals surface area contributed by atoms with Gasteiger partial charge in [-0.3, -0.25) is 4.79 Å². The Bertz CT molecular complexity index is 654. The number of carbonyl (C=O) groups excluding carboxylic acids is 1. The number of carbonyl (C=O) groups is 1. The molecule has 4 N–H and O–H groups in total. The third-order valence-corrected chi connectivity index (χ3v) is 5.82. The van der Waals surface area contributed by atoms with Crippen LogP contribution in [0.3, 0.4) is 0 Å². The minimum absolute atomic E-state index is 0.133. The molecule has 1 aliphatic rings. The van der Waals surface area contributed by atoms with E-state index in [-0.39, 0.29) is 22.8 Å². The van der Waals surface area contributed by atoms with Crippen LogP contribution in [0.1, 0.15) is 31.4 Å². The van der Waals surface area contributed by atoms with E-state index in [1.807, 2.05) is 6.92 Å². The smallest absolute Gasteiger partial charge is 0.240 e. The molecule has 1 aromatic rings. The number of amides is 1. The van der Waals surface area contributed by atoms with Gasteiger partial charge >= 0.3 is 0 Å². The average molecular weight is 355 g/mol. The number of hydrogen-bond acceptors (Lipinski definition) is 5. The van der Waals surface area contributed by atoms with E-state index < -0.39 is 16.1 Å². The van der Waals surface area contributed by atoms with Crippen molar-refractivity contribution in [1.82, 2.24) is 10.0 Å². The maximum Gasteiger partial charge on any atom is 0.240 e. The van der Waals surface area contributed by atoms with E-state index in [0.717, 1.165) is 18.4 Å². The van der Waals surface area contributed by atoms with Gasteiger partial charge in [0.05, 0.1) is 17.0 Å². The van der Waals surface area contributed by atoms with E-state index in [1.54, 1.807) is 12.1 Å². The second-order valence-corrected chi connectivity index (χ2v) is 7.87. The monoisotopic (exact) mass is 355 g/mol. The Morgan fingerprint density at radius 1 is 1.25 bits per heavy atom. The van der Waals surface area contributed by atoms with Crippen molar-refractivity contribution in [3.05, 3.63) is 29.8 Å². The summed E-state index contributed by atoms with van der Waals surface area (Å²) in [5.74, 6) is -0.0598. The van der Waals surface area contributed by atoms with Crippen molar-refractivity contribution in [1.29, 1.82) is 0 Å². The zero-order valence-corrected chi connectivity index (χ0v) is 14.8. The molecular formula is C16H25N3O4S. The summed E-state index contributed by atoms with van der Waals surface area (Å²) in [6.45, 7) is 3.13. The molecule has 0 radical (unpaired) electrons. The molecule has 134 valence electrons. The van der Waals surface area contributed by atoms with Crippen molar-refractivity contribution >= 4 is 15.9 Å². The highest BCUT2D eigenvalue weighted by Crippen LogP contribution is 2.20. The van der Waals surface area contributed by atoms with E-state index in [9.17, 15) is 13.2 Å². The van der Waals surface area contributed by atoms with Crippen molar-refractivity contribution in [2.75, 3.05) is 20.3 Å². The second-order valence-electron chi connectivity index (χ2n) is 5.98. The topological polar surface area (TPSA) is 111 Å². The molecule has 0 spiro atoms. The molecule has 24 heavy (non-hydrogen) atoms. The van der Waals surface area contributed by atoms with Crippen LogP contribution >= 0.6 is 0 Å². The largest absolute Gasteiger partial charge is 0.381 e. The molecule has 0 aromatic heterocycles. The average Bonchev–Trinajstić information content (AvgIpc) is 2.61. The fourth-order valence-electron chi connectivity index (χ4n) is 2.74. The lowest BCUT2D eigenvalue weighted by atomic mass is 9.91. The predicted octanol–water partition coefficient (Wildman–Crippen LogP) is 0.526. The van der Waals surface area contributed by atoms with Crippen LogP contribution in [0, 0.1) is 5.92 Å². The standard InChI is InChI=1S/C16H25N3O4S/c1-11(12-3-5-14(6-4-12)24(21,22)18-2)19-16(20)15(17)13-7-9-23-10-8-13/h3-6,11,13,15,18H,7-10,17H2,1-2H3,(H,19,20). The molecule has 2 unspecified atom stereocenters. The van der Waals surface area contributed by atoms with Crippen molar-refractivity contribution in [3.8, 4) is 0 Å². The number of hydrogen-bond donors (Lipinski definition) is 3. The van der Waals surface area contributed by atoms with Gasteiger partial charge in [0.1, 0.15) is 0 Å². The predicted molar refractivity (Wildman–Crippen MR) is 90.8 cm³/mol. The van der Waals surface area contributed by atoms with Gasteiger partial charge in [-0.25, -0.2) is 13.1 Å². The maximum absolute atomic E-state index is 12.3. The lowest BCUT2D eigenvalue weighted by molar-refractivity contribution is -0.125. The van der Waals surface area contributed by atoms with Gasteiger partial charge in [-0.2, -0.15) is 0 Å². The summed E-state index contributed by atoms with van der Waals surface area (Å²) in [7, 11) is -2.10. The van der Waals surface area contributed by atoms with Gasteiger partial charge in [0.15, 0.2) is 0 Å². The molecule has 1 amide bonds. The van der Waals surface area contributed by atoms with Gasteiger partial charge in [-0.1, -0.05) is 12.1 Å². The molecule has 7 nitrogen and oxygen atoms in total. The number of rotatable bonds is 6. The molecule has 0 saturated carbocycles. The van der Waals surface area contributed by atoms with E-state index in [4.69, 9.17) is 10.5 Å². The molecule has 1 fully saturated rings. The fraction of sp³-hybridized carbons (Fsp3) is 0.562. The maximum atomic E-state index is 12.3. The van der Waals surface area contributed by atoms with Crippen LogP contribution in [0.15, 0.2) is 29.2 Å². The van der Waals surface area contributed by atoms with Crippen LogP contribution in [0.5, 0.6) is 0 Å². The molecule has 1 saturated heterocycles. The molecule has 1 heterocycles. The van der Waals surface area contributed by atoms with E-state index in [0.29, 0.717) is 13.2 Å². The summed E-state index contributed by atoms with van der Waals surface area (Å²) < 4.78 is 31.0. The Kier molecular flexibility index (Phi) is 6.34. The fourth-order valence-corrected chi connectivity index (χ4v) is 3.47. The molecule has 0 bridgehead atoms. The Labute approximate surface area is 143 Å². The molecule has 2 atom stereocenters. The lowest BCUT2D eigenvalue weighted by Crippen LogP contribution is -2.47. The summed E-state index contributed by atoms with van der Waals surface area (Å²) >= 11 is 0. The minimum atomic E-state index is -3.46. The zero-order chi connectivity index (χ0) is 17.7. The third-order valence-electron chi connectivity index (χ3n) is 4.39.